The number of hydrogen-bond acceptors (Lipinski definition) is 1. The van der Waals surface area contributed by atoms with Gasteiger partial charge in [-0.15, -0.1) is 0 Å². The molecule has 2 nitrogen and oxygen atoms in total. The normalized spacial score (nSPS) is 31.7. The first-order valence-electron chi connectivity index (χ1n) is 5.22. The van der Waals surface area contributed by atoms with Crippen molar-refractivity contribution < 1.29 is 4.79 Å². The zero-order valence-corrected chi connectivity index (χ0v) is 9.88. The van der Waals surface area contributed by atoms with Crippen molar-refractivity contribution in [2.24, 2.45) is 11.7 Å². The van der Waals surface area contributed by atoms with Crippen LogP contribution in [0.2, 0.25) is 0 Å². The Labute approximate surface area is 97.0 Å². The molecule has 1 aromatic rings. The van der Waals surface area contributed by atoms with Crippen molar-refractivity contribution in [3.63, 3.8) is 0 Å². The molecule has 1 amide bonds. The van der Waals surface area contributed by atoms with Crippen LogP contribution in [-0.2, 0) is 16.6 Å². The second-order valence-corrected chi connectivity index (χ2v) is 5.53. The van der Waals surface area contributed by atoms with Gasteiger partial charge < -0.3 is 5.73 Å². The number of aryl methyl sites for hydroxylation is 1. The van der Waals surface area contributed by atoms with E-state index in [-0.39, 0.29) is 17.2 Å². The van der Waals surface area contributed by atoms with Gasteiger partial charge in [-0.25, -0.2) is 0 Å². The smallest absolute Gasteiger partial charge is 0.221 e. The highest BCUT2D eigenvalue weighted by Crippen LogP contribution is 2.61. The van der Waals surface area contributed by atoms with Crippen molar-refractivity contribution in [1.82, 2.24) is 0 Å². The number of benzene rings is 1. The lowest BCUT2D eigenvalue weighted by molar-refractivity contribution is -0.119. The SMILES string of the molecule is NC(=O)[C@H]1C[C@]12CCc1cc(Br)ccc12. The summed E-state index contributed by atoms with van der Waals surface area (Å²) < 4.78 is 1.12. The van der Waals surface area contributed by atoms with Crippen LogP contribution in [0.25, 0.3) is 0 Å². The first-order chi connectivity index (χ1) is 7.13. The first-order valence-corrected chi connectivity index (χ1v) is 6.01. The minimum Gasteiger partial charge on any atom is -0.369 e. The average Bonchev–Trinajstić information content (AvgIpc) is 2.80. The third-order valence-corrected chi connectivity index (χ3v) is 4.36. The van der Waals surface area contributed by atoms with Gasteiger partial charge in [-0.2, -0.15) is 0 Å². The minimum absolute atomic E-state index is 0.0833. The third kappa shape index (κ3) is 1.19. The molecule has 3 rings (SSSR count). The van der Waals surface area contributed by atoms with Crippen LogP contribution in [0, 0.1) is 5.92 Å². The Bertz CT molecular complexity index is 457. The number of fused-ring (bicyclic) bond motifs is 2. The van der Waals surface area contributed by atoms with Crippen LogP contribution >= 0.6 is 15.9 Å². The summed E-state index contributed by atoms with van der Waals surface area (Å²) in [5.41, 5.74) is 8.24. The van der Waals surface area contributed by atoms with Gasteiger partial charge in [0.25, 0.3) is 0 Å². The van der Waals surface area contributed by atoms with E-state index < -0.39 is 0 Å². The Morgan fingerprint density at radius 3 is 3.00 bits per heavy atom. The summed E-state index contributed by atoms with van der Waals surface area (Å²) >= 11 is 3.48. The van der Waals surface area contributed by atoms with E-state index >= 15 is 0 Å². The van der Waals surface area contributed by atoms with E-state index in [1.165, 1.54) is 11.1 Å². The molecule has 0 aromatic heterocycles. The van der Waals surface area contributed by atoms with Gasteiger partial charge in [-0.1, -0.05) is 22.0 Å². The maximum Gasteiger partial charge on any atom is 0.221 e. The predicted molar refractivity (Wildman–Crippen MR) is 61.4 cm³/mol. The van der Waals surface area contributed by atoms with Gasteiger partial charge in [0.05, 0.1) is 0 Å². The topological polar surface area (TPSA) is 43.1 Å². The molecule has 2 aliphatic carbocycles. The Hall–Kier alpha value is -0.830. The number of hydrogen-bond donors (Lipinski definition) is 1. The summed E-state index contributed by atoms with van der Waals surface area (Å²) in [4.78, 5) is 11.2. The number of carbonyl (C=O) groups excluding carboxylic acids is 1. The Kier molecular flexibility index (Phi) is 1.78. The van der Waals surface area contributed by atoms with Crippen LogP contribution < -0.4 is 5.73 Å². The Morgan fingerprint density at radius 1 is 1.53 bits per heavy atom. The Balaban J connectivity index is 2.04. The number of carbonyl (C=O) groups is 1. The average molecular weight is 266 g/mol. The van der Waals surface area contributed by atoms with Gasteiger partial charge in [0.15, 0.2) is 0 Å². The lowest BCUT2D eigenvalue weighted by Crippen LogP contribution is -2.19. The molecule has 0 aliphatic heterocycles. The number of rotatable bonds is 1. The fourth-order valence-electron chi connectivity index (χ4n) is 3.00. The summed E-state index contributed by atoms with van der Waals surface area (Å²) in [6.07, 6.45) is 3.13. The van der Waals surface area contributed by atoms with E-state index in [0.717, 1.165) is 23.7 Å². The quantitative estimate of drug-likeness (QED) is 0.831. The molecule has 0 unspecified atom stereocenters. The van der Waals surface area contributed by atoms with E-state index in [1.807, 2.05) is 0 Å². The highest BCUT2D eigenvalue weighted by Gasteiger charge is 2.60. The molecular formula is C12H12BrNO. The van der Waals surface area contributed by atoms with Gasteiger partial charge in [-0.3, -0.25) is 4.79 Å². The molecule has 3 heteroatoms. The van der Waals surface area contributed by atoms with Crippen molar-refractivity contribution in [2.45, 2.75) is 24.7 Å². The molecule has 0 heterocycles. The minimum atomic E-state index is -0.134. The van der Waals surface area contributed by atoms with Crippen LogP contribution in [0.1, 0.15) is 24.0 Å². The van der Waals surface area contributed by atoms with Crippen molar-refractivity contribution >= 4 is 21.8 Å². The molecule has 78 valence electrons. The number of nitrogens with two attached hydrogens (primary N) is 1. The molecular weight excluding hydrogens is 254 g/mol. The molecule has 0 radical (unpaired) electrons. The molecule has 0 bridgehead atoms. The number of primary amides is 1. The molecule has 2 N–H and O–H groups in total. The second-order valence-electron chi connectivity index (χ2n) is 4.62. The highest BCUT2D eigenvalue weighted by molar-refractivity contribution is 9.10. The number of halogens is 1. The van der Waals surface area contributed by atoms with E-state index in [4.69, 9.17) is 5.73 Å². The summed E-state index contributed by atoms with van der Waals surface area (Å²) in [7, 11) is 0. The van der Waals surface area contributed by atoms with Gasteiger partial charge in [0, 0.05) is 15.8 Å². The largest absolute Gasteiger partial charge is 0.369 e. The fraction of sp³-hybridized carbons (Fsp3) is 0.417. The van der Waals surface area contributed by atoms with E-state index in [1.54, 1.807) is 0 Å². The molecule has 2 aliphatic rings. The van der Waals surface area contributed by atoms with E-state index in [9.17, 15) is 4.79 Å². The standard InChI is InChI=1S/C12H12BrNO/c13-8-1-2-9-7(5-8)3-4-12(9)6-10(12)11(14)15/h1-2,5,10H,3-4,6H2,(H2,14,15)/t10-,12+/m1/s1. The highest BCUT2D eigenvalue weighted by atomic mass is 79.9. The van der Waals surface area contributed by atoms with Crippen LogP contribution in [0.15, 0.2) is 22.7 Å². The molecule has 1 saturated carbocycles. The molecule has 15 heavy (non-hydrogen) atoms. The Morgan fingerprint density at radius 2 is 2.33 bits per heavy atom. The van der Waals surface area contributed by atoms with Gasteiger partial charge in [0.1, 0.15) is 0 Å². The van der Waals surface area contributed by atoms with Crippen LogP contribution in [0.4, 0.5) is 0 Å². The monoisotopic (exact) mass is 265 g/mol. The van der Waals surface area contributed by atoms with Gasteiger partial charge in [-0.05, 0) is 42.5 Å². The zero-order chi connectivity index (χ0) is 10.6. The van der Waals surface area contributed by atoms with Crippen LogP contribution in [0.5, 0.6) is 0 Å². The lowest BCUT2D eigenvalue weighted by atomic mass is 9.95. The maximum atomic E-state index is 11.2. The first kappa shape index (κ1) is 9.40. The maximum absolute atomic E-state index is 11.2. The summed E-state index contributed by atoms with van der Waals surface area (Å²) in [5.74, 6) is -0.0503. The van der Waals surface area contributed by atoms with Crippen LogP contribution in [0.3, 0.4) is 0 Å². The molecule has 1 fully saturated rings. The van der Waals surface area contributed by atoms with Crippen molar-refractivity contribution in [3.8, 4) is 0 Å². The van der Waals surface area contributed by atoms with Gasteiger partial charge in [0.2, 0.25) is 5.91 Å². The van der Waals surface area contributed by atoms with Gasteiger partial charge >= 0.3 is 0 Å². The van der Waals surface area contributed by atoms with E-state index in [0.29, 0.717) is 0 Å². The summed E-state index contributed by atoms with van der Waals surface area (Å²) in [6, 6.07) is 6.37. The zero-order valence-electron chi connectivity index (χ0n) is 8.29. The number of amides is 1. The molecule has 2 atom stereocenters. The summed E-state index contributed by atoms with van der Waals surface area (Å²) in [5, 5.41) is 0. The third-order valence-electron chi connectivity index (χ3n) is 3.86. The summed E-state index contributed by atoms with van der Waals surface area (Å²) in [6.45, 7) is 0. The van der Waals surface area contributed by atoms with Crippen molar-refractivity contribution in [2.75, 3.05) is 0 Å². The predicted octanol–water partition coefficient (Wildman–Crippen LogP) is 2.14. The second kappa shape index (κ2) is 2.85. The van der Waals surface area contributed by atoms with Crippen molar-refractivity contribution in [1.29, 1.82) is 0 Å². The molecule has 0 saturated heterocycles. The van der Waals surface area contributed by atoms with Crippen molar-refractivity contribution in [3.05, 3.63) is 33.8 Å². The fourth-order valence-corrected chi connectivity index (χ4v) is 3.41. The lowest BCUT2D eigenvalue weighted by Gasteiger charge is -2.09. The molecule has 1 spiro atoms. The van der Waals surface area contributed by atoms with Crippen LogP contribution in [-0.4, -0.2) is 5.91 Å². The van der Waals surface area contributed by atoms with E-state index in [2.05, 4.69) is 34.1 Å². The molecule has 1 aromatic carbocycles.